The molecule has 5 rings (SSSR count). The monoisotopic (exact) mass is 414 g/mol. The molecule has 3 N–H and O–H groups in total. The van der Waals surface area contributed by atoms with Crippen LogP contribution in [0, 0.1) is 11.8 Å². The minimum atomic E-state index is -0.504. The molecule has 4 heterocycles. The Balaban J connectivity index is 0.00000121. The zero-order chi connectivity index (χ0) is 16.7. The maximum atomic E-state index is 11.2. The van der Waals surface area contributed by atoms with Crippen LogP contribution in [0.4, 0.5) is 0 Å². The molecule has 3 aliphatic rings. The lowest BCUT2D eigenvalue weighted by Crippen LogP contribution is -2.54. The van der Waals surface area contributed by atoms with Crippen LogP contribution in [-0.2, 0) is 0 Å². The fourth-order valence-corrected chi connectivity index (χ4v) is 4.44. The Bertz CT molecular complexity index is 774. The second-order valence-electron chi connectivity index (χ2n) is 6.97. The third kappa shape index (κ3) is 4.23. The summed E-state index contributed by atoms with van der Waals surface area (Å²) in [5.41, 5.74) is 1.85. The standard InChI is InChI=1S/C20H24N2O2.2ClH.H2O/c1-3-13-12-22-9-7-14(13)10-19(22)20(23)16-6-8-21-18-5-4-15(24-2)11-17(16)18;;;/h3-6,8,11,13-14,19-20,23H,1,7,9-10,12H2,2H3;2*1H;1H2/t13?,14?,19?,20-;;;/m1.../s1. The molecule has 5 nitrogen and oxygen atoms in total. The van der Waals surface area contributed by atoms with E-state index in [9.17, 15) is 5.11 Å². The molecule has 3 saturated heterocycles. The van der Waals surface area contributed by atoms with Crippen molar-refractivity contribution in [3.63, 3.8) is 0 Å². The molecule has 0 saturated carbocycles. The summed E-state index contributed by atoms with van der Waals surface area (Å²) < 4.78 is 5.35. The van der Waals surface area contributed by atoms with E-state index >= 15 is 0 Å². The summed E-state index contributed by atoms with van der Waals surface area (Å²) in [6.45, 7) is 6.07. The van der Waals surface area contributed by atoms with Crippen LogP contribution < -0.4 is 4.74 Å². The van der Waals surface area contributed by atoms with Gasteiger partial charge >= 0.3 is 0 Å². The Morgan fingerprint density at radius 3 is 2.74 bits per heavy atom. The molecule has 2 aromatic rings. The van der Waals surface area contributed by atoms with E-state index in [1.165, 1.54) is 6.42 Å². The number of benzene rings is 1. The number of fused-ring (bicyclic) bond motifs is 4. The molecule has 4 unspecified atom stereocenters. The van der Waals surface area contributed by atoms with E-state index in [1.54, 1.807) is 13.3 Å². The predicted molar refractivity (Wildman–Crippen MR) is 113 cm³/mol. The molecule has 0 radical (unpaired) electrons. The molecule has 0 amide bonds. The summed E-state index contributed by atoms with van der Waals surface area (Å²) in [5, 5.41) is 12.1. The summed E-state index contributed by atoms with van der Waals surface area (Å²) in [4.78, 5) is 6.86. The molecule has 5 atom stereocenters. The maximum absolute atomic E-state index is 11.2. The highest BCUT2D eigenvalue weighted by molar-refractivity contribution is 5.85. The quantitative estimate of drug-likeness (QED) is 0.779. The van der Waals surface area contributed by atoms with Crippen molar-refractivity contribution >= 4 is 35.7 Å². The average molecular weight is 415 g/mol. The van der Waals surface area contributed by atoms with E-state index in [1.807, 2.05) is 24.3 Å². The van der Waals surface area contributed by atoms with Gasteiger partial charge in [-0.15, -0.1) is 31.4 Å². The van der Waals surface area contributed by atoms with Gasteiger partial charge < -0.3 is 15.3 Å². The maximum Gasteiger partial charge on any atom is 0.119 e. The minimum absolute atomic E-state index is 0. The molecule has 1 aromatic heterocycles. The summed E-state index contributed by atoms with van der Waals surface area (Å²) in [5.74, 6) is 2.01. The molecule has 0 spiro atoms. The third-order valence-electron chi connectivity index (χ3n) is 5.82. The van der Waals surface area contributed by atoms with E-state index in [-0.39, 0.29) is 36.3 Å². The number of pyridine rings is 1. The van der Waals surface area contributed by atoms with Gasteiger partial charge in [0.05, 0.1) is 18.7 Å². The Morgan fingerprint density at radius 1 is 1.33 bits per heavy atom. The molecule has 3 aliphatic heterocycles. The van der Waals surface area contributed by atoms with E-state index in [4.69, 9.17) is 4.74 Å². The van der Waals surface area contributed by atoms with Crippen LogP contribution in [0.5, 0.6) is 5.75 Å². The van der Waals surface area contributed by atoms with Gasteiger partial charge in [0.15, 0.2) is 0 Å². The van der Waals surface area contributed by atoms with E-state index in [2.05, 4.69) is 22.5 Å². The third-order valence-corrected chi connectivity index (χ3v) is 5.82. The summed E-state index contributed by atoms with van der Waals surface area (Å²) in [6, 6.07) is 7.96. The smallest absolute Gasteiger partial charge is 0.119 e. The molecule has 3 fully saturated rings. The number of aromatic nitrogens is 1. The molecule has 150 valence electrons. The number of ether oxygens (including phenoxy) is 1. The lowest BCUT2D eigenvalue weighted by Gasteiger charge is -2.50. The number of hydrogen-bond donors (Lipinski definition) is 1. The number of nitrogens with zero attached hydrogens (tertiary/aromatic N) is 2. The number of aliphatic hydroxyl groups excluding tert-OH is 1. The molecule has 27 heavy (non-hydrogen) atoms. The lowest BCUT2D eigenvalue weighted by molar-refractivity contribution is -0.0444. The minimum Gasteiger partial charge on any atom is -0.497 e. The van der Waals surface area contributed by atoms with Crippen molar-refractivity contribution in [2.24, 2.45) is 11.8 Å². The lowest BCUT2D eigenvalue weighted by atomic mass is 9.73. The van der Waals surface area contributed by atoms with Crippen LogP contribution in [0.1, 0.15) is 24.5 Å². The first-order chi connectivity index (χ1) is 11.7. The number of halogens is 2. The van der Waals surface area contributed by atoms with Gasteiger partial charge in [0, 0.05) is 24.2 Å². The van der Waals surface area contributed by atoms with Crippen LogP contribution in [0.15, 0.2) is 43.1 Å². The Morgan fingerprint density at radius 2 is 2.11 bits per heavy atom. The van der Waals surface area contributed by atoms with Crippen LogP contribution in [0.2, 0.25) is 0 Å². The second-order valence-corrected chi connectivity index (χ2v) is 6.97. The van der Waals surface area contributed by atoms with Gasteiger partial charge in [-0.3, -0.25) is 9.88 Å². The first kappa shape index (κ1) is 23.7. The van der Waals surface area contributed by atoms with Crippen molar-refractivity contribution in [3.05, 3.63) is 48.7 Å². The summed E-state index contributed by atoms with van der Waals surface area (Å²) in [7, 11) is 1.66. The molecule has 1 aromatic carbocycles. The molecule has 0 aliphatic carbocycles. The number of piperidine rings is 3. The van der Waals surface area contributed by atoms with Crippen LogP contribution in [-0.4, -0.2) is 46.7 Å². The number of aliphatic hydroxyl groups is 1. The van der Waals surface area contributed by atoms with Gasteiger partial charge in [-0.25, -0.2) is 0 Å². The van der Waals surface area contributed by atoms with Gasteiger partial charge in [-0.2, -0.15) is 0 Å². The SMILES string of the molecule is C=CC1CN2CCC1CC2[C@H](O)c1ccnc2ccc(OC)cc12.Cl.Cl.O. The summed E-state index contributed by atoms with van der Waals surface area (Å²) >= 11 is 0. The fourth-order valence-electron chi connectivity index (χ4n) is 4.44. The average Bonchev–Trinajstić information content (AvgIpc) is 2.66. The largest absolute Gasteiger partial charge is 0.497 e. The number of hydrogen-bond acceptors (Lipinski definition) is 4. The van der Waals surface area contributed by atoms with Crippen molar-refractivity contribution in [1.29, 1.82) is 0 Å². The van der Waals surface area contributed by atoms with Crippen molar-refractivity contribution in [2.45, 2.75) is 25.0 Å². The Labute approximate surface area is 172 Å². The highest BCUT2D eigenvalue weighted by Gasteiger charge is 2.42. The van der Waals surface area contributed by atoms with Gasteiger partial charge in [-0.1, -0.05) is 6.08 Å². The Hall–Kier alpha value is -1.37. The second kappa shape index (κ2) is 9.71. The number of methoxy groups -OCH3 is 1. The number of rotatable bonds is 4. The zero-order valence-corrected chi connectivity index (χ0v) is 17.0. The first-order valence-corrected chi connectivity index (χ1v) is 8.68. The van der Waals surface area contributed by atoms with Crippen molar-refractivity contribution in [1.82, 2.24) is 9.88 Å². The van der Waals surface area contributed by atoms with Gasteiger partial charge in [-0.05, 0) is 61.1 Å². The van der Waals surface area contributed by atoms with E-state index < -0.39 is 6.10 Å². The van der Waals surface area contributed by atoms with E-state index in [0.717, 1.165) is 41.7 Å². The predicted octanol–water partition coefficient (Wildman–Crippen LogP) is 3.19. The zero-order valence-electron chi connectivity index (χ0n) is 15.4. The molecular formula is C20H28Cl2N2O3. The van der Waals surface area contributed by atoms with Crippen LogP contribution >= 0.6 is 24.8 Å². The van der Waals surface area contributed by atoms with Gasteiger partial charge in [0.1, 0.15) is 5.75 Å². The topological polar surface area (TPSA) is 77.1 Å². The van der Waals surface area contributed by atoms with Crippen LogP contribution in [0.25, 0.3) is 10.9 Å². The summed E-state index contributed by atoms with van der Waals surface area (Å²) in [6.07, 6.45) is 5.62. The highest BCUT2D eigenvalue weighted by Crippen LogP contribution is 2.42. The fraction of sp³-hybridized carbons (Fsp3) is 0.450. The van der Waals surface area contributed by atoms with Gasteiger partial charge in [0.2, 0.25) is 0 Å². The van der Waals surface area contributed by atoms with Gasteiger partial charge in [0.25, 0.3) is 0 Å². The first-order valence-electron chi connectivity index (χ1n) is 8.68. The van der Waals surface area contributed by atoms with Crippen molar-refractivity contribution in [2.75, 3.05) is 20.2 Å². The van der Waals surface area contributed by atoms with Crippen molar-refractivity contribution < 1.29 is 15.3 Å². The van der Waals surface area contributed by atoms with Crippen molar-refractivity contribution in [3.8, 4) is 5.75 Å². The molecule has 2 bridgehead atoms. The van der Waals surface area contributed by atoms with E-state index in [0.29, 0.717) is 11.8 Å². The van der Waals surface area contributed by atoms with Crippen LogP contribution in [0.3, 0.4) is 0 Å². The Kier molecular flexibility index (Phi) is 8.51. The molecule has 7 heteroatoms. The normalized spacial score (nSPS) is 26.9. The highest BCUT2D eigenvalue weighted by atomic mass is 35.5. The molecular weight excluding hydrogens is 387 g/mol.